The van der Waals surface area contributed by atoms with E-state index in [1.54, 1.807) is 0 Å². The number of carboxylic acid groups (broad SMARTS) is 1. The first-order chi connectivity index (χ1) is 8.07. The molecule has 0 unspecified atom stereocenters. The number of benzene rings is 1. The molecule has 0 saturated carbocycles. The molecule has 0 aliphatic carbocycles. The van der Waals surface area contributed by atoms with Gasteiger partial charge in [-0.2, -0.15) is 13.2 Å². The fraction of sp³-hybridized carbons (Fsp3) is 0.222. The summed E-state index contributed by atoms with van der Waals surface area (Å²) >= 11 is 0. The summed E-state index contributed by atoms with van der Waals surface area (Å²) in [4.78, 5) is 10.2. The summed E-state index contributed by atoms with van der Waals surface area (Å²) in [6, 6.07) is 0. The van der Waals surface area contributed by atoms with Gasteiger partial charge in [0.25, 0.3) is 0 Å². The highest BCUT2D eigenvalue weighted by atomic mass is 19.4. The fourth-order valence-electron chi connectivity index (χ4n) is 1.23. The molecule has 100 valence electrons. The van der Waals surface area contributed by atoms with Crippen molar-refractivity contribution in [2.24, 2.45) is 0 Å². The SMILES string of the molecule is O=C(O)Cc1c(F)c(F)c(C(F)(F)F)c(F)c1F. The highest BCUT2D eigenvalue weighted by Gasteiger charge is 2.42. The highest BCUT2D eigenvalue weighted by molar-refractivity contribution is 5.70. The molecule has 0 amide bonds. The van der Waals surface area contributed by atoms with Gasteiger partial charge in [-0.25, -0.2) is 17.6 Å². The topological polar surface area (TPSA) is 37.3 Å². The molecule has 9 heteroatoms. The highest BCUT2D eigenvalue weighted by Crippen LogP contribution is 2.36. The summed E-state index contributed by atoms with van der Waals surface area (Å²) in [5.74, 6) is -11.9. The Morgan fingerprint density at radius 2 is 1.33 bits per heavy atom. The van der Waals surface area contributed by atoms with Gasteiger partial charge in [-0.3, -0.25) is 4.79 Å². The standard InChI is InChI=1S/C9H3F7O2/c10-5-2(1-3(17)18)6(11)8(13)4(7(5)12)9(14,15)16/h1H2,(H,17,18). The smallest absolute Gasteiger partial charge is 0.422 e. The molecule has 0 atom stereocenters. The number of alkyl halides is 3. The number of halogens is 7. The van der Waals surface area contributed by atoms with Crippen LogP contribution in [-0.2, 0) is 17.4 Å². The molecule has 0 saturated heterocycles. The van der Waals surface area contributed by atoms with Gasteiger partial charge in [-0.1, -0.05) is 0 Å². The first kappa shape index (κ1) is 14.3. The van der Waals surface area contributed by atoms with Crippen LogP contribution in [0.2, 0.25) is 0 Å². The van der Waals surface area contributed by atoms with Gasteiger partial charge in [-0.05, 0) is 0 Å². The molecule has 0 aliphatic heterocycles. The average Bonchev–Trinajstić information content (AvgIpc) is 2.19. The second-order valence-corrected chi connectivity index (χ2v) is 3.18. The zero-order valence-electron chi connectivity index (χ0n) is 8.21. The van der Waals surface area contributed by atoms with Crippen molar-refractivity contribution in [3.05, 3.63) is 34.4 Å². The Bertz CT molecular complexity index is 478. The largest absolute Gasteiger partial charge is 0.481 e. The zero-order chi connectivity index (χ0) is 14.2. The van der Waals surface area contributed by atoms with Gasteiger partial charge in [0, 0.05) is 5.56 Å². The predicted octanol–water partition coefficient (Wildman–Crippen LogP) is 2.89. The van der Waals surface area contributed by atoms with Crippen molar-refractivity contribution in [1.29, 1.82) is 0 Å². The quantitative estimate of drug-likeness (QED) is 0.666. The van der Waals surface area contributed by atoms with Gasteiger partial charge in [0.2, 0.25) is 0 Å². The van der Waals surface area contributed by atoms with Crippen LogP contribution in [0.3, 0.4) is 0 Å². The minimum Gasteiger partial charge on any atom is -0.481 e. The molecule has 2 nitrogen and oxygen atoms in total. The molecule has 0 spiro atoms. The van der Waals surface area contributed by atoms with Crippen molar-refractivity contribution in [3.8, 4) is 0 Å². The minimum atomic E-state index is -5.64. The molecule has 0 fully saturated rings. The molecule has 0 aliphatic rings. The normalized spacial score (nSPS) is 11.7. The first-order valence-electron chi connectivity index (χ1n) is 4.21. The number of carboxylic acids is 1. The monoisotopic (exact) mass is 276 g/mol. The summed E-state index contributed by atoms with van der Waals surface area (Å²) in [5.41, 5.74) is -4.34. The maximum Gasteiger partial charge on any atom is 0.422 e. The van der Waals surface area contributed by atoms with Crippen LogP contribution in [0, 0.1) is 23.3 Å². The number of carbonyl (C=O) groups is 1. The number of hydrogen-bond donors (Lipinski definition) is 1. The van der Waals surface area contributed by atoms with Crippen molar-refractivity contribution >= 4 is 5.97 Å². The lowest BCUT2D eigenvalue weighted by Crippen LogP contribution is -2.18. The first-order valence-corrected chi connectivity index (χ1v) is 4.21. The molecule has 1 aromatic rings. The Morgan fingerprint density at radius 1 is 0.944 bits per heavy atom. The van der Waals surface area contributed by atoms with Gasteiger partial charge in [0.05, 0.1) is 6.42 Å². The predicted molar refractivity (Wildman–Crippen MR) is 42.6 cm³/mol. The molecular weight excluding hydrogens is 273 g/mol. The van der Waals surface area contributed by atoms with Crippen LogP contribution in [0.15, 0.2) is 0 Å². The van der Waals surface area contributed by atoms with E-state index in [0.29, 0.717) is 0 Å². The molecule has 0 radical (unpaired) electrons. The molecule has 0 heterocycles. The van der Waals surface area contributed by atoms with Crippen LogP contribution in [0.4, 0.5) is 30.7 Å². The zero-order valence-corrected chi connectivity index (χ0v) is 8.21. The summed E-state index contributed by atoms with van der Waals surface area (Å²) < 4.78 is 88.4. The third-order valence-electron chi connectivity index (χ3n) is 1.97. The van der Waals surface area contributed by atoms with E-state index in [1.807, 2.05) is 0 Å². The van der Waals surface area contributed by atoms with E-state index >= 15 is 0 Å². The van der Waals surface area contributed by atoms with Crippen LogP contribution in [-0.4, -0.2) is 11.1 Å². The Morgan fingerprint density at radius 3 is 1.61 bits per heavy atom. The van der Waals surface area contributed by atoms with Crippen LogP contribution in [0.25, 0.3) is 0 Å². The van der Waals surface area contributed by atoms with E-state index in [1.165, 1.54) is 0 Å². The molecule has 0 aromatic heterocycles. The number of rotatable bonds is 2. The Kier molecular flexibility index (Phi) is 3.54. The van der Waals surface area contributed by atoms with Crippen LogP contribution >= 0.6 is 0 Å². The van der Waals surface area contributed by atoms with Crippen LogP contribution in [0.5, 0.6) is 0 Å². The van der Waals surface area contributed by atoms with Crippen LogP contribution in [0.1, 0.15) is 11.1 Å². The second kappa shape index (κ2) is 4.46. The Balaban J connectivity index is 3.61. The molecule has 18 heavy (non-hydrogen) atoms. The van der Waals surface area contributed by atoms with Crippen molar-refractivity contribution in [2.45, 2.75) is 12.6 Å². The van der Waals surface area contributed by atoms with Gasteiger partial charge >= 0.3 is 12.1 Å². The minimum absolute atomic E-state index is 1.48. The van der Waals surface area contributed by atoms with Gasteiger partial charge in [0.1, 0.15) is 5.56 Å². The lowest BCUT2D eigenvalue weighted by atomic mass is 10.0. The molecule has 1 aromatic carbocycles. The van der Waals surface area contributed by atoms with E-state index < -0.39 is 53.0 Å². The summed E-state index contributed by atoms with van der Waals surface area (Å²) in [5, 5.41) is 8.23. The summed E-state index contributed by atoms with van der Waals surface area (Å²) in [6.07, 6.45) is -7.12. The third kappa shape index (κ3) is 2.39. The maximum atomic E-state index is 13.0. The van der Waals surface area contributed by atoms with Crippen molar-refractivity contribution in [3.63, 3.8) is 0 Å². The third-order valence-corrected chi connectivity index (χ3v) is 1.97. The van der Waals surface area contributed by atoms with Gasteiger partial charge < -0.3 is 5.11 Å². The molecule has 1 N–H and O–H groups in total. The van der Waals surface area contributed by atoms with Gasteiger partial charge in [0.15, 0.2) is 23.3 Å². The van der Waals surface area contributed by atoms with Crippen molar-refractivity contribution in [1.82, 2.24) is 0 Å². The van der Waals surface area contributed by atoms with Crippen molar-refractivity contribution < 1.29 is 40.6 Å². The van der Waals surface area contributed by atoms with E-state index in [9.17, 15) is 35.5 Å². The average molecular weight is 276 g/mol. The van der Waals surface area contributed by atoms with E-state index in [4.69, 9.17) is 5.11 Å². The summed E-state index contributed by atoms with van der Waals surface area (Å²) in [6.45, 7) is 0. The number of aliphatic carboxylic acids is 1. The van der Waals surface area contributed by atoms with Crippen molar-refractivity contribution in [2.75, 3.05) is 0 Å². The van der Waals surface area contributed by atoms with Crippen LogP contribution < -0.4 is 0 Å². The fourth-order valence-corrected chi connectivity index (χ4v) is 1.23. The molecule has 1 rings (SSSR count). The summed E-state index contributed by atoms with van der Waals surface area (Å²) in [7, 11) is 0. The van der Waals surface area contributed by atoms with E-state index in [2.05, 4.69) is 0 Å². The Labute approximate surface area is 94.6 Å². The second-order valence-electron chi connectivity index (χ2n) is 3.18. The van der Waals surface area contributed by atoms with Gasteiger partial charge in [-0.15, -0.1) is 0 Å². The van der Waals surface area contributed by atoms with E-state index in [-0.39, 0.29) is 0 Å². The lowest BCUT2D eigenvalue weighted by Gasteiger charge is -2.13. The Hall–Kier alpha value is -1.80. The molecular formula is C9H3F7O2. The van der Waals surface area contributed by atoms with E-state index in [0.717, 1.165) is 0 Å². The lowest BCUT2D eigenvalue weighted by molar-refractivity contribution is -0.143. The maximum absolute atomic E-state index is 13.0. The number of hydrogen-bond acceptors (Lipinski definition) is 1. The molecule has 0 bridgehead atoms.